The molecule has 1 heterocycles. The number of nitrogens with zero attached hydrogens (tertiary/aromatic N) is 2. The first-order valence-electron chi connectivity index (χ1n) is 10.3. The SMILES string of the molecule is O=C(COC(=O)Cn1c2ccccc2c(=O)c2ccccc21)NNC(=O)c1cccc([N+](=O)[O-])c1. The lowest BCUT2D eigenvalue weighted by molar-refractivity contribution is -0.384. The third kappa shape index (κ3) is 4.98. The van der Waals surface area contributed by atoms with Crippen LogP contribution in [0.2, 0.25) is 0 Å². The van der Waals surface area contributed by atoms with Gasteiger partial charge in [-0.05, 0) is 30.3 Å². The summed E-state index contributed by atoms with van der Waals surface area (Å²) in [6.07, 6.45) is 0. The highest BCUT2D eigenvalue weighted by molar-refractivity contribution is 5.96. The number of benzene rings is 3. The number of nitro groups is 1. The average molecular weight is 474 g/mol. The van der Waals surface area contributed by atoms with Gasteiger partial charge in [-0.3, -0.25) is 40.1 Å². The summed E-state index contributed by atoms with van der Waals surface area (Å²) in [6, 6.07) is 18.7. The molecule has 0 unspecified atom stereocenters. The molecule has 1 aromatic heterocycles. The lowest BCUT2D eigenvalue weighted by atomic mass is 10.1. The fraction of sp³-hybridized carbons (Fsp3) is 0.0833. The Morgan fingerprint density at radius 2 is 1.51 bits per heavy atom. The van der Waals surface area contributed by atoms with E-state index in [2.05, 4.69) is 10.9 Å². The molecule has 176 valence electrons. The molecule has 11 heteroatoms. The predicted molar refractivity (Wildman–Crippen MR) is 125 cm³/mol. The number of nitro benzene ring substituents is 1. The number of aromatic nitrogens is 1. The van der Waals surface area contributed by atoms with Crippen molar-refractivity contribution in [2.75, 3.05) is 6.61 Å². The van der Waals surface area contributed by atoms with E-state index in [4.69, 9.17) is 4.74 Å². The molecule has 2 N–H and O–H groups in total. The number of amides is 2. The van der Waals surface area contributed by atoms with Crippen molar-refractivity contribution in [2.24, 2.45) is 0 Å². The van der Waals surface area contributed by atoms with Crippen molar-refractivity contribution < 1.29 is 24.0 Å². The van der Waals surface area contributed by atoms with Crippen molar-refractivity contribution in [3.05, 3.63) is 98.7 Å². The quantitative estimate of drug-likeness (QED) is 0.188. The third-order valence-corrected chi connectivity index (χ3v) is 5.17. The van der Waals surface area contributed by atoms with Crippen LogP contribution in [0.15, 0.2) is 77.6 Å². The zero-order valence-corrected chi connectivity index (χ0v) is 18.1. The molecular weight excluding hydrogens is 456 g/mol. The summed E-state index contributed by atoms with van der Waals surface area (Å²) in [5.41, 5.74) is 4.80. The van der Waals surface area contributed by atoms with Gasteiger partial charge in [0.05, 0.1) is 16.0 Å². The normalized spacial score (nSPS) is 10.6. The number of nitrogens with one attached hydrogen (secondary N) is 2. The van der Waals surface area contributed by atoms with Crippen molar-refractivity contribution in [2.45, 2.75) is 6.54 Å². The van der Waals surface area contributed by atoms with Crippen molar-refractivity contribution in [1.29, 1.82) is 0 Å². The Hall–Kier alpha value is -5.06. The molecule has 11 nitrogen and oxygen atoms in total. The molecule has 0 saturated carbocycles. The third-order valence-electron chi connectivity index (χ3n) is 5.17. The Morgan fingerprint density at radius 1 is 0.886 bits per heavy atom. The van der Waals surface area contributed by atoms with Crippen LogP contribution in [0.25, 0.3) is 21.8 Å². The molecule has 0 aliphatic carbocycles. The van der Waals surface area contributed by atoms with Gasteiger partial charge in [-0.15, -0.1) is 0 Å². The standard InChI is InChI=1S/C24H18N4O7/c29-21(25-26-24(32)15-6-5-7-16(12-15)28(33)34)14-35-22(30)13-27-19-10-3-1-8-17(19)23(31)18-9-2-4-11-20(18)27/h1-12H,13-14H2,(H,25,29)(H,26,32). The van der Waals surface area contributed by atoms with Crippen LogP contribution in [0.1, 0.15) is 10.4 Å². The number of hydrogen-bond donors (Lipinski definition) is 2. The summed E-state index contributed by atoms with van der Waals surface area (Å²) in [7, 11) is 0. The molecule has 0 atom stereocenters. The zero-order chi connectivity index (χ0) is 24.9. The number of carbonyl (C=O) groups is 3. The van der Waals surface area contributed by atoms with Gasteiger partial charge in [0.1, 0.15) is 6.54 Å². The molecule has 0 radical (unpaired) electrons. The van der Waals surface area contributed by atoms with Gasteiger partial charge in [0.25, 0.3) is 17.5 Å². The van der Waals surface area contributed by atoms with Crippen molar-refractivity contribution in [3.8, 4) is 0 Å². The molecule has 0 aliphatic heterocycles. The first kappa shape index (κ1) is 23.1. The number of para-hydroxylation sites is 2. The lowest BCUT2D eigenvalue weighted by Crippen LogP contribution is -2.43. The van der Waals surface area contributed by atoms with Gasteiger partial charge in [0, 0.05) is 28.5 Å². The number of carbonyl (C=O) groups excluding carboxylic acids is 3. The van der Waals surface area contributed by atoms with E-state index in [0.29, 0.717) is 21.8 Å². The Bertz CT molecular complexity index is 1480. The summed E-state index contributed by atoms with van der Waals surface area (Å²) < 4.78 is 6.67. The molecule has 0 aliphatic rings. The van der Waals surface area contributed by atoms with Crippen molar-refractivity contribution >= 4 is 45.3 Å². The fourth-order valence-corrected chi connectivity index (χ4v) is 3.56. The summed E-state index contributed by atoms with van der Waals surface area (Å²) in [5.74, 6) is -2.32. The van der Waals surface area contributed by atoms with E-state index in [1.165, 1.54) is 18.2 Å². The molecule has 0 spiro atoms. The van der Waals surface area contributed by atoms with Crippen LogP contribution in [0.5, 0.6) is 0 Å². The molecule has 35 heavy (non-hydrogen) atoms. The van der Waals surface area contributed by atoms with Crippen molar-refractivity contribution in [1.82, 2.24) is 15.4 Å². The van der Waals surface area contributed by atoms with Gasteiger partial charge in [-0.25, -0.2) is 0 Å². The number of hydrogen-bond acceptors (Lipinski definition) is 7. The van der Waals surface area contributed by atoms with Crippen LogP contribution in [-0.4, -0.2) is 33.9 Å². The number of ether oxygens (including phenoxy) is 1. The number of fused-ring (bicyclic) bond motifs is 2. The van der Waals surface area contributed by atoms with Gasteiger partial charge in [0.15, 0.2) is 12.0 Å². The first-order valence-corrected chi connectivity index (χ1v) is 10.3. The largest absolute Gasteiger partial charge is 0.454 e. The molecule has 0 fully saturated rings. The topological polar surface area (TPSA) is 150 Å². The summed E-state index contributed by atoms with van der Waals surface area (Å²) >= 11 is 0. The zero-order valence-electron chi connectivity index (χ0n) is 18.1. The predicted octanol–water partition coefficient (Wildman–Crippen LogP) is 2.07. The van der Waals surface area contributed by atoms with Crippen LogP contribution in [0.4, 0.5) is 5.69 Å². The van der Waals surface area contributed by atoms with Crippen molar-refractivity contribution in [3.63, 3.8) is 0 Å². The first-order chi connectivity index (χ1) is 16.8. The molecule has 0 saturated heterocycles. The van der Waals surface area contributed by atoms with Crippen LogP contribution in [0.3, 0.4) is 0 Å². The van der Waals surface area contributed by atoms with E-state index in [1.54, 1.807) is 53.1 Å². The lowest BCUT2D eigenvalue weighted by Gasteiger charge is -2.14. The monoisotopic (exact) mass is 474 g/mol. The van der Waals surface area contributed by atoms with E-state index in [1.807, 2.05) is 0 Å². The fourth-order valence-electron chi connectivity index (χ4n) is 3.56. The highest BCUT2D eigenvalue weighted by Gasteiger charge is 2.16. The molecule has 3 aromatic carbocycles. The Kier molecular flexibility index (Phi) is 6.49. The minimum atomic E-state index is -0.813. The Balaban J connectivity index is 1.40. The number of rotatable bonds is 6. The smallest absolute Gasteiger partial charge is 0.326 e. The van der Waals surface area contributed by atoms with Crippen LogP contribution in [-0.2, 0) is 20.9 Å². The highest BCUT2D eigenvalue weighted by Crippen LogP contribution is 2.19. The van der Waals surface area contributed by atoms with Gasteiger partial charge >= 0.3 is 5.97 Å². The number of pyridine rings is 1. The molecule has 4 rings (SSSR count). The second-order valence-corrected chi connectivity index (χ2v) is 7.42. The van der Waals surface area contributed by atoms with Crippen LogP contribution >= 0.6 is 0 Å². The highest BCUT2D eigenvalue weighted by atomic mass is 16.6. The van der Waals surface area contributed by atoms with E-state index in [0.717, 1.165) is 6.07 Å². The van der Waals surface area contributed by atoms with Crippen LogP contribution < -0.4 is 16.3 Å². The van der Waals surface area contributed by atoms with E-state index in [-0.39, 0.29) is 23.2 Å². The maximum absolute atomic E-state index is 12.8. The summed E-state index contributed by atoms with van der Waals surface area (Å²) in [6.45, 7) is -0.932. The van der Waals surface area contributed by atoms with Gasteiger partial charge < -0.3 is 9.30 Å². The Labute approximate surface area is 197 Å². The maximum Gasteiger partial charge on any atom is 0.326 e. The Morgan fingerprint density at radius 3 is 2.14 bits per heavy atom. The van der Waals surface area contributed by atoms with Gasteiger partial charge in [0.2, 0.25) is 0 Å². The van der Waals surface area contributed by atoms with Gasteiger partial charge in [-0.2, -0.15) is 0 Å². The number of non-ortho nitro benzene ring substituents is 1. The van der Waals surface area contributed by atoms with E-state index in [9.17, 15) is 29.3 Å². The molecule has 2 amide bonds. The minimum absolute atomic E-state index is 0.0338. The molecule has 4 aromatic rings. The van der Waals surface area contributed by atoms with E-state index < -0.39 is 29.3 Å². The maximum atomic E-state index is 12.8. The molecular formula is C24H18N4O7. The van der Waals surface area contributed by atoms with Crippen LogP contribution in [0, 0.1) is 10.1 Å². The average Bonchev–Trinajstić information content (AvgIpc) is 2.88. The summed E-state index contributed by atoms with van der Waals surface area (Å²) in [5, 5.41) is 11.7. The number of esters is 1. The second kappa shape index (κ2) is 9.83. The van der Waals surface area contributed by atoms with E-state index >= 15 is 0 Å². The second-order valence-electron chi connectivity index (χ2n) is 7.42. The number of hydrazine groups is 1. The van der Waals surface area contributed by atoms with Gasteiger partial charge in [-0.1, -0.05) is 30.3 Å². The minimum Gasteiger partial charge on any atom is -0.454 e. The molecule has 0 bridgehead atoms. The summed E-state index contributed by atoms with van der Waals surface area (Å²) in [4.78, 5) is 59.6.